The van der Waals surface area contributed by atoms with Crippen molar-refractivity contribution in [1.82, 2.24) is 97.6 Å². The number of ether oxygens (including phenoxy) is 1. The molecule has 3 aromatic carbocycles. The fraction of sp³-hybridized carbons (Fsp3) is 0.527. The van der Waals surface area contributed by atoms with Crippen molar-refractivity contribution >= 4 is 140 Å². The van der Waals surface area contributed by atoms with E-state index >= 15 is 38.4 Å². The van der Waals surface area contributed by atoms with E-state index in [1.54, 1.807) is 99.0 Å². The molecular weight excluding hydrogens is 1770 g/mol. The number of benzene rings is 3. The number of rotatable bonds is 26. The summed E-state index contributed by atoms with van der Waals surface area (Å²) in [5.41, 5.74) is 19.7. The molecule has 15 atom stereocenters. The molecule has 18 amide bonds. The van der Waals surface area contributed by atoms with Crippen molar-refractivity contribution in [3.63, 3.8) is 0 Å². The molecule has 135 heavy (non-hydrogen) atoms. The second kappa shape index (κ2) is 50.0. The van der Waals surface area contributed by atoms with Crippen LogP contribution in [-0.4, -0.2) is 318 Å². The van der Waals surface area contributed by atoms with Gasteiger partial charge in [0, 0.05) is 119 Å². The topological polar surface area (TPSA) is 632 Å². The molecule has 732 valence electrons. The van der Waals surface area contributed by atoms with Crippen LogP contribution in [0.15, 0.2) is 97.7 Å². The van der Waals surface area contributed by atoms with Crippen LogP contribution in [0.2, 0.25) is 0 Å². The summed E-state index contributed by atoms with van der Waals surface area (Å²) in [4.78, 5) is 281. The van der Waals surface area contributed by atoms with Crippen molar-refractivity contribution < 1.29 is 101 Å². The third-order valence-corrected chi connectivity index (χ3v) is 25.3. The van der Waals surface area contributed by atoms with Crippen LogP contribution < -0.4 is 75.1 Å². The van der Waals surface area contributed by atoms with E-state index < -0.39 is 260 Å². The third-order valence-electron chi connectivity index (χ3n) is 24.2. The smallest absolute Gasteiger partial charge is 0.246 e. The van der Waals surface area contributed by atoms with Crippen LogP contribution in [0, 0.1) is 5.92 Å². The molecule has 0 aliphatic carbocycles. The molecule has 43 nitrogen and oxygen atoms in total. The summed E-state index contributed by atoms with van der Waals surface area (Å²) in [5, 5.41) is 50.2. The normalized spacial score (nSPS) is 24.8. The van der Waals surface area contributed by atoms with E-state index in [9.17, 15) is 58.2 Å². The largest absolute Gasteiger partial charge is 0.497 e. The zero-order valence-corrected chi connectivity index (χ0v) is 78.0. The number of hydrogen-bond donors (Lipinski definition) is 18. The summed E-state index contributed by atoms with van der Waals surface area (Å²) >= 11 is 0.804. The standard InChI is InChI=1S/C91H126N22O21S/c1-10-12-23-70-84(126)102-62(33-49(3)4)80(122)108-69(79(121)98-43-76(94)118)46-135-47-77(119)100-65(34-51-26-28-56(134-9)29-27-51)87(129)109(6)50(5)78(120)105-67(39-75(93)117)90(132)112-32-18-25-71(112)85(127)104-64(37-54-42-95-48-99-54)82(124)101-61(30-31-74(92)116)89(131)113-44-55(115)38-73(113)86(128)103-63(35-52-40-96-59-21-16-14-19-57(52)59)81(123)107-68(45-114)83(125)106-66(36-53-41-97-60-22-17-15-20-58(53)60)88(130)111(8)72(24-13-11-2)91(133)110(70)7/h14-17,19-22,26-29,40-42,48-50,55,61-73,96-97,114-115H,10-13,18,23-25,30-39,43-47H2,1-9H3,(H2,92,116)(H2,93,117)(H2,94,118)(H,95,99)(H,98,121)(H,100,119)(H,101,124)(H,102,126)(H,103,128)(H,104,127)(H,105,120)(H,106,125)(H,107,123)(H,108,122)/t50-,55+,61-,62-,63-,64?,65-,66-,67-,68?,69-,70-,71-,72-,73-/m0/s1. The first-order chi connectivity index (χ1) is 64.3. The molecule has 44 heteroatoms. The first kappa shape index (κ1) is 105. The van der Waals surface area contributed by atoms with Crippen molar-refractivity contribution in [2.24, 2.45) is 23.1 Å². The van der Waals surface area contributed by atoms with Gasteiger partial charge in [-0.15, -0.1) is 11.8 Å². The molecule has 21 N–H and O–H groups in total. The lowest BCUT2D eigenvalue weighted by Crippen LogP contribution is -2.62. The van der Waals surface area contributed by atoms with Gasteiger partial charge in [-0.25, -0.2) is 4.98 Å². The SMILES string of the molecule is CCCC[C@H]1C(=O)N(C)[C@@H](CCCC)C(=O)N[C@@H](CC(C)C)C(=O)N[C@H](C(=O)NCC(N)=O)CSCC(=O)N[C@@H](Cc2ccc(OC)cc2)C(=O)N(C)[C@@H](C)C(=O)N[C@@H](CC(N)=O)C(=O)N2CCC[C@H]2C(=O)NC(Cc2c[nH]cn2)C(=O)N[C@@H](CCC(N)=O)C(=O)N2C[C@H](O)C[C@H]2C(=O)N[C@@H](Cc2c[nH]c3ccccc23)C(=O)NC(CO)C(=O)N[C@@H](Cc2c[nH]c3ccccc23)C(=O)N1C. The van der Waals surface area contributed by atoms with E-state index in [-0.39, 0.29) is 69.5 Å². The van der Waals surface area contributed by atoms with Crippen molar-refractivity contribution in [3.05, 3.63) is 120 Å². The van der Waals surface area contributed by atoms with Crippen LogP contribution in [0.5, 0.6) is 5.75 Å². The summed E-state index contributed by atoms with van der Waals surface area (Å²) in [6, 6.07) is -1.77. The van der Waals surface area contributed by atoms with Gasteiger partial charge in [0.2, 0.25) is 106 Å². The maximum Gasteiger partial charge on any atom is 0.246 e. The number of H-pyrrole nitrogens is 3. The number of fused-ring (bicyclic) bond motifs is 4. The number of nitrogens with two attached hydrogens (primary N) is 3. The number of thioether (sulfide) groups is 1. The van der Waals surface area contributed by atoms with Gasteiger partial charge >= 0.3 is 0 Å². The maximum absolute atomic E-state index is 15.7. The average Bonchev–Trinajstić information content (AvgIpc) is 1.82. The molecule has 0 saturated carbocycles. The molecule has 3 aromatic heterocycles. The zero-order valence-electron chi connectivity index (χ0n) is 77.2. The fourth-order valence-electron chi connectivity index (χ4n) is 16.7. The van der Waals surface area contributed by atoms with Gasteiger partial charge in [0.25, 0.3) is 0 Å². The Bertz CT molecular complexity index is 5220. The lowest BCUT2D eigenvalue weighted by Gasteiger charge is -2.36. The van der Waals surface area contributed by atoms with E-state index in [0.29, 0.717) is 69.9 Å². The Kier molecular flexibility index (Phi) is 38.9. The van der Waals surface area contributed by atoms with Gasteiger partial charge in [0.05, 0.1) is 50.6 Å². The Morgan fingerprint density at radius 1 is 0.548 bits per heavy atom. The molecule has 0 bridgehead atoms. The number of aromatic nitrogens is 4. The number of carbonyl (C=O) groups is 18. The minimum absolute atomic E-state index is 0.00606. The number of nitrogens with one attached hydrogen (secondary N) is 13. The number of aliphatic hydroxyl groups excluding tert-OH is 2. The molecule has 6 aromatic rings. The van der Waals surface area contributed by atoms with E-state index in [1.165, 1.54) is 52.6 Å². The highest BCUT2D eigenvalue weighted by atomic mass is 32.2. The Balaban J connectivity index is 1.10. The first-order valence-corrected chi connectivity index (χ1v) is 46.3. The molecule has 3 aliphatic heterocycles. The summed E-state index contributed by atoms with van der Waals surface area (Å²) in [6.07, 6.45) is 2.58. The molecule has 0 spiro atoms. The molecule has 2 unspecified atom stereocenters. The van der Waals surface area contributed by atoms with Gasteiger partial charge < -0.3 is 125 Å². The van der Waals surface area contributed by atoms with Gasteiger partial charge in [0.1, 0.15) is 90.3 Å². The van der Waals surface area contributed by atoms with Crippen LogP contribution in [0.1, 0.15) is 140 Å². The molecule has 3 aliphatic rings. The number of primary amides is 3. The van der Waals surface area contributed by atoms with Crippen molar-refractivity contribution in [1.29, 1.82) is 0 Å². The lowest BCUT2D eigenvalue weighted by atomic mass is 9.99. The highest BCUT2D eigenvalue weighted by molar-refractivity contribution is 8.00. The number of methoxy groups -OCH3 is 1. The average molecular weight is 1900 g/mol. The summed E-state index contributed by atoms with van der Waals surface area (Å²) in [7, 11) is 5.39. The second-order valence-electron chi connectivity index (χ2n) is 34.7. The number of amides is 18. The van der Waals surface area contributed by atoms with Gasteiger partial charge in [0.15, 0.2) is 0 Å². The summed E-state index contributed by atoms with van der Waals surface area (Å²) < 4.78 is 5.35. The summed E-state index contributed by atoms with van der Waals surface area (Å²) in [6.45, 7) is 5.98. The Hall–Kier alpha value is -13.5. The van der Waals surface area contributed by atoms with E-state index in [4.69, 9.17) is 21.9 Å². The van der Waals surface area contributed by atoms with Crippen molar-refractivity contribution in [3.8, 4) is 5.75 Å². The van der Waals surface area contributed by atoms with Crippen LogP contribution in [0.25, 0.3) is 21.8 Å². The van der Waals surface area contributed by atoms with Gasteiger partial charge in [-0.1, -0.05) is 102 Å². The number of carbonyl (C=O) groups excluding carboxylic acids is 18. The number of para-hydroxylation sites is 2. The number of nitrogens with zero attached hydrogens (tertiary/aromatic N) is 6. The van der Waals surface area contributed by atoms with Crippen LogP contribution >= 0.6 is 11.8 Å². The maximum atomic E-state index is 15.7. The van der Waals surface area contributed by atoms with Gasteiger partial charge in [-0.2, -0.15) is 0 Å². The summed E-state index contributed by atoms with van der Waals surface area (Å²) in [5.74, 6) is -18.0. The predicted molar refractivity (Wildman–Crippen MR) is 494 cm³/mol. The molecule has 3 fully saturated rings. The van der Waals surface area contributed by atoms with E-state index in [0.717, 1.165) is 31.4 Å². The molecule has 3 saturated heterocycles. The van der Waals surface area contributed by atoms with Crippen LogP contribution in [-0.2, 0) is 112 Å². The lowest BCUT2D eigenvalue weighted by molar-refractivity contribution is -0.149. The van der Waals surface area contributed by atoms with Crippen LogP contribution in [0.4, 0.5) is 0 Å². The highest BCUT2D eigenvalue weighted by Gasteiger charge is 2.47. The Morgan fingerprint density at radius 2 is 1.08 bits per heavy atom. The number of imidazole rings is 1. The quantitative estimate of drug-likeness (QED) is 0.0264. The number of aliphatic hydroxyl groups is 2. The van der Waals surface area contributed by atoms with Crippen LogP contribution in [0.3, 0.4) is 0 Å². The van der Waals surface area contributed by atoms with Gasteiger partial charge in [-0.05, 0) is 92.3 Å². The Labute approximate surface area is 784 Å². The first-order valence-electron chi connectivity index (χ1n) is 45.2. The number of hydrogen-bond acceptors (Lipinski definition) is 23. The highest BCUT2D eigenvalue weighted by Crippen LogP contribution is 2.28. The van der Waals surface area contributed by atoms with Crippen molar-refractivity contribution in [2.45, 2.75) is 234 Å². The molecular formula is C91H126N22O21S. The molecule has 6 heterocycles. The monoisotopic (exact) mass is 1890 g/mol. The number of aromatic amines is 3. The molecule has 0 radical (unpaired) electrons. The zero-order chi connectivity index (χ0) is 98.6. The third kappa shape index (κ3) is 29.0. The Morgan fingerprint density at radius 3 is 1.67 bits per heavy atom. The fourth-order valence-corrected chi connectivity index (χ4v) is 17.5. The van der Waals surface area contributed by atoms with E-state index in [2.05, 4.69) is 73.1 Å². The van der Waals surface area contributed by atoms with E-state index in [1.807, 2.05) is 13.8 Å². The minimum Gasteiger partial charge on any atom is -0.497 e. The minimum atomic E-state index is -1.91. The molecule has 9 rings (SSSR count). The van der Waals surface area contributed by atoms with Crippen molar-refractivity contribution in [2.75, 3.05) is 66.0 Å². The van der Waals surface area contributed by atoms with Gasteiger partial charge in [-0.3, -0.25) is 86.3 Å². The number of likely N-dealkylation sites (N-methyl/N-ethyl adjacent to an activating group) is 3. The predicted octanol–water partition coefficient (Wildman–Crippen LogP) is -2.62. The number of unbranched alkanes of at least 4 members (excludes halogenated alkanes) is 2. The second-order valence-corrected chi connectivity index (χ2v) is 35.7.